The number of benzene rings is 1. The van der Waals surface area contributed by atoms with Crippen LogP contribution in [-0.4, -0.2) is 16.6 Å². The lowest BCUT2D eigenvalue weighted by Gasteiger charge is -2.17. The van der Waals surface area contributed by atoms with Gasteiger partial charge in [-0.15, -0.1) is 0 Å². The van der Waals surface area contributed by atoms with Crippen LogP contribution < -0.4 is 0 Å². The normalized spacial score (nSPS) is 14.3. The van der Waals surface area contributed by atoms with Gasteiger partial charge in [-0.05, 0) is 18.6 Å². The van der Waals surface area contributed by atoms with Crippen molar-refractivity contribution in [2.45, 2.75) is 20.0 Å². The van der Waals surface area contributed by atoms with Crippen molar-refractivity contribution in [3.8, 4) is 11.4 Å². The van der Waals surface area contributed by atoms with E-state index in [-0.39, 0.29) is 0 Å². The summed E-state index contributed by atoms with van der Waals surface area (Å²) >= 11 is 9.75. The monoisotopic (exact) mass is 338 g/mol. The zero-order valence-corrected chi connectivity index (χ0v) is 12.8. The van der Waals surface area contributed by atoms with E-state index < -0.39 is 0 Å². The van der Waals surface area contributed by atoms with Gasteiger partial charge in [0.15, 0.2) is 5.82 Å². The Balaban J connectivity index is 2.10. The zero-order chi connectivity index (χ0) is 13.4. The van der Waals surface area contributed by atoms with Gasteiger partial charge in [0.1, 0.15) is 5.15 Å². The third-order valence-corrected chi connectivity index (χ3v) is 4.37. The molecule has 0 saturated carbocycles. The van der Waals surface area contributed by atoms with Crippen LogP contribution in [0.4, 0.5) is 0 Å². The number of halogens is 2. The smallest absolute Gasteiger partial charge is 0.161 e. The average molecular weight is 340 g/mol. The van der Waals surface area contributed by atoms with Crippen LogP contribution in [0.25, 0.3) is 11.4 Å². The quantitative estimate of drug-likeness (QED) is 0.738. The van der Waals surface area contributed by atoms with E-state index in [1.54, 1.807) is 0 Å². The molecule has 3 rings (SSSR count). The molecule has 0 atom stereocenters. The summed E-state index contributed by atoms with van der Waals surface area (Å²) in [6.07, 6.45) is 0.789. The Morgan fingerprint density at radius 1 is 1.32 bits per heavy atom. The lowest BCUT2D eigenvalue weighted by molar-refractivity contribution is 0.109. The molecule has 5 heteroatoms. The molecule has 19 heavy (non-hydrogen) atoms. The highest BCUT2D eigenvalue weighted by Crippen LogP contribution is 2.28. The minimum Gasteiger partial charge on any atom is -0.376 e. The first-order chi connectivity index (χ1) is 9.15. The van der Waals surface area contributed by atoms with Gasteiger partial charge in [0.05, 0.1) is 18.9 Å². The van der Waals surface area contributed by atoms with Gasteiger partial charge < -0.3 is 4.74 Å². The topological polar surface area (TPSA) is 35.0 Å². The van der Waals surface area contributed by atoms with Crippen molar-refractivity contribution in [3.63, 3.8) is 0 Å². The fraction of sp³-hybridized carbons (Fsp3) is 0.286. The van der Waals surface area contributed by atoms with Crippen molar-refractivity contribution in [3.05, 3.63) is 44.6 Å². The fourth-order valence-electron chi connectivity index (χ4n) is 2.05. The van der Waals surface area contributed by atoms with Crippen LogP contribution in [0.15, 0.2) is 22.7 Å². The van der Waals surface area contributed by atoms with Gasteiger partial charge in [-0.3, -0.25) is 0 Å². The molecule has 2 heterocycles. The van der Waals surface area contributed by atoms with Crippen molar-refractivity contribution in [1.82, 2.24) is 9.97 Å². The highest BCUT2D eigenvalue weighted by atomic mass is 79.9. The van der Waals surface area contributed by atoms with E-state index in [2.05, 4.69) is 25.9 Å². The van der Waals surface area contributed by atoms with Crippen molar-refractivity contribution in [2.75, 3.05) is 6.61 Å². The number of hydrogen-bond donors (Lipinski definition) is 0. The molecule has 0 unspecified atom stereocenters. The Kier molecular flexibility index (Phi) is 3.56. The number of hydrogen-bond acceptors (Lipinski definition) is 3. The first-order valence-corrected chi connectivity index (χ1v) is 7.22. The number of aromatic nitrogens is 2. The third kappa shape index (κ3) is 2.53. The minimum absolute atomic E-state index is 0.497. The molecule has 3 nitrogen and oxygen atoms in total. The summed E-state index contributed by atoms with van der Waals surface area (Å²) in [5, 5.41) is 0.497. The third-order valence-electron chi connectivity index (χ3n) is 3.20. The minimum atomic E-state index is 0.497. The Morgan fingerprint density at radius 2 is 2.16 bits per heavy atom. The first-order valence-electron chi connectivity index (χ1n) is 6.04. The molecule has 0 radical (unpaired) electrons. The van der Waals surface area contributed by atoms with E-state index in [0.29, 0.717) is 24.2 Å². The van der Waals surface area contributed by atoms with Crippen LogP contribution in [0.5, 0.6) is 0 Å². The fourth-order valence-corrected chi connectivity index (χ4v) is 2.68. The van der Waals surface area contributed by atoms with Crippen LogP contribution in [-0.2, 0) is 17.8 Å². The van der Waals surface area contributed by atoms with Crippen molar-refractivity contribution >= 4 is 27.5 Å². The van der Waals surface area contributed by atoms with Crippen LogP contribution in [0.3, 0.4) is 0 Å². The molecule has 98 valence electrons. The summed E-state index contributed by atoms with van der Waals surface area (Å²) in [5.41, 5.74) is 4.07. The Bertz CT molecular complexity index is 646. The number of rotatable bonds is 1. The molecule has 0 aliphatic carbocycles. The summed E-state index contributed by atoms with van der Waals surface area (Å²) in [5.74, 6) is 0.673. The molecule has 1 aromatic heterocycles. The Labute approximate surface area is 125 Å². The maximum absolute atomic E-state index is 6.23. The van der Waals surface area contributed by atoms with E-state index in [1.807, 2.05) is 25.1 Å². The SMILES string of the molecule is Cc1ccc(-c2nc(Cl)c3c(n2)CCOC3)cc1Br. The summed E-state index contributed by atoms with van der Waals surface area (Å²) in [4.78, 5) is 9.00. The number of aryl methyl sites for hydroxylation is 1. The summed E-state index contributed by atoms with van der Waals surface area (Å²) in [7, 11) is 0. The Hall–Kier alpha value is -0.970. The second kappa shape index (κ2) is 5.19. The summed E-state index contributed by atoms with van der Waals surface area (Å²) < 4.78 is 6.43. The first kappa shape index (κ1) is 13.0. The molecule has 0 saturated heterocycles. The lowest BCUT2D eigenvalue weighted by Crippen LogP contribution is -2.14. The highest BCUT2D eigenvalue weighted by Gasteiger charge is 2.17. The predicted octanol–water partition coefficient (Wildman–Crippen LogP) is 3.94. The number of fused-ring (bicyclic) bond motifs is 1. The predicted molar refractivity (Wildman–Crippen MR) is 78.3 cm³/mol. The molecule has 1 aliphatic rings. The van der Waals surface area contributed by atoms with E-state index in [9.17, 15) is 0 Å². The molecule has 1 aromatic carbocycles. The molecule has 0 N–H and O–H groups in total. The number of ether oxygens (including phenoxy) is 1. The number of nitrogens with zero attached hydrogens (tertiary/aromatic N) is 2. The largest absolute Gasteiger partial charge is 0.376 e. The van der Waals surface area contributed by atoms with Gasteiger partial charge in [-0.2, -0.15) is 0 Å². The second-order valence-electron chi connectivity index (χ2n) is 4.53. The van der Waals surface area contributed by atoms with E-state index in [0.717, 1.165) is 27.7 Å². The molecule has 0 bridgehead atoms. The van der Waals surface area contributed by atoms with Crippen LogP contribution in [0, 0.1) is 6.92 Å². The van der Waals surface area contributed by atoms with Gasteiger partial charge in [0.2, 0.25) is 0 Å². The lowest BCUT2D eigenvalue weighted by atomic mass is 10.1. The summed E-state index contributed by atoms with van der Waals surface area (Å²) in [6.45, 7) is 3.25. The highest BCUT2D eigenvalue weighted by molar-refractivity contribution is 9.10. The van der Waals surface area contributed by atoms with Crippen molar-refractivity contribution < 1.29 is 4.74 Å². The molecule has 1 aliphatic heterocycles. The molecule has 0 fully saturated rings. The van der Waals surface area contributed by atoms with Crippen molar-refractivity contribution in [2.24, 2.45) is 0 Å². The average Bonchev–Trinajstić information content (AvgIpc) is 2.42. The van der Waals surface area contributed by atoms with Gasteiger partial charge in [0.25, 0.3) is 0 Å². The molecular weight excluding hydrogens is 328 g/mol. The van der Waals surface area contributed by atoms with Gasteiger partial charge in [0, 0.05) is 22.0 Å². The van der Waals surface area contributed by atoms with Crippen LogP contribution >= 0.6 is 27.5 Å². The van der Waals surface area contributed by atoms with E-state index >= 15 is 0 Å². The van der Waals surface area contributed by atoms with Gasteiger partial charge in [-0.1, -0.05) is 39.7 Å². The van der Waals surface area contributed by atoms with Crippen LogP contribution in [0.2, 0.25) is 5.15 Å². The molecule has 2 aromatic rings. The zero-order valence-electron chi connectivity index (χ0n) is 10.4. The molecule has 0 spiro atoms. The molecular formula is C14H12BrClN2O. The maximum atomic E-state index is 6.23. The van der Waals surface area contributed by atoms with E-state index in [1.165, 1.54) is 5.56 Å². The maximum Gasteiger partial charge on any atom is 0.161 e. The van der Waals surface area contributed by atoms with E-state index in [4.69, 9.17) is 16.3 Å². The summed E-state index contributed by atoms with van der Waals surface area (Å²) in [6, 6.07) is 6.07. The van der Waals surface area contributed by atoms with Crippen LogP contribution in [0.1, 0.15) is 16.8 Å². The molecule has 0 amide bonds. The Morgan fingerprint density at radius 3 is 2.95 bits per heavy atom. The van der Waals surface area contributed by atoms with Crippen molar-refractivity contribution in [1.29, 1.82) is 0 Å². The van der Waals surface area contributed by atoms with Gasteiger partial charge in [-0.25, -0.2) is 9.97 Å². The standard InChI is InChI=1S/C14H12BrClN2O/c1-8-2-3-9(6-11(8)15)14-17-12-4-5-19-7-10(12)13(16)18-14/h2-3,6H,4-5,7H2,1H3. The van der Waals surface area contributed by atoms with Gasteiger partial charge >= 0.3 is 0 Å². The second-order valence-corrected chi connectivity index (χ2v) is 5.74.